The number of hydrogen-bond acceptors (Lipinski definition) is 5. The number of nitrogens with one attached hydrogen (secondary N) is 1. The lowest BCUT2D eigenvalue weighted by Gasteiger charge is -2.30. The molecule has 8 heteroatoms. The van der Waals surface area contributed by atoms with Crippen LogP contribution >= 0.6 is 11.3 Å². The summed E-state index contributed by atoms with van der Waals surface area (Å²) in [6, 6.07) is 8.93. The fourth-order valence-corrected chi connectivity index (χ4v) is 4.36. The zero-order chi connectivity index (χ0) is 22.7. The van der Waals surface area contributed by atoms with Crippen LogP contribution in [0, 0.1) is 13.8 Å². The van der Waals surface area contributed by atoms with E-state index >= 15 is 0 Å². The van der Waals surface area contributed by atoms with Crippen molar-refractivity contribution in [2.75, 3.05) is 6.54 Å². The molecule has 6 nitrogen and oxygen atoms in total. The molecule has 3 aromatic rings. The Kier molecular flexibility index (Phi) is 6.41. The van der Waals surface area contributed by atoms with Crippen LogP contribution in [0.5, 0.6) is 0 Å². The third-order valence-electron chi connectivity index (χ3n) is 5.46. The highest BCUT2D eigenvalue weighted by Gasteiger charge is 2.26. The number of hydrogen-bond donors (Lipinski definition) is 1. The van der Waals surface area contributed by atoms with E-state index in [0.717, 1.165) is 27.4 Å². The SMILES string of the molecule is Cc1nc(C(=O)NCc2c(C)ncc3c2CCN(C(=O)/C(F)=C/c2ccccc2)C3)cs1. The van der Waals surface area contributed by atoms with Crippen LogP contribution in [-0.2, 0) is 24.3 Å². The number of aryl methyl sites for hydroxylation is 2. The van der Waals surface area contributed by atoms with Gasteiger partial charge in [-0.05, 0) is 48.6 Å². The van der Waals surface area contributed by atoms with Crippen molar-refractivity contribution >= 4 is 29.2 Å². The normalized spacial score (nSPS) is 13.6. The zero-order valence-corrected chi connectivity index (χ0v) is 18.7. The lowest BCUT2D eigenvalue weighted by Crippen LogP contribution is -2.37. The van der Waals surface area contributed by atoms with Gasteiger partial charge in [-0.25, -0.2) is 9.37 Å². The van der Waals surface area contributed by atoms with Gasteiger partial charge in [0.25, 0.3) is 11.8 Å². The number of fused-ring (bicyclic) bond motifs is 1. The smallest absolute Gasteiger partial charge is 0.282 e. The van der Waals surface area contributed by atoms with Gasteiger partial charge in [-0.2, -0.15) is 0 Å². The second-order valence-electron chi connectivity index (χ2n) is 7.64. The first-order chi connectivity index (χ1) is 15.4. The van der Waals surface area contributed by atoms with Gasteiger partial charge in [-0.1, -0.05) is 30.3 Å². The van der Waals surface area contributed by atoms with Gasteiger partial charge in [0.1, 0.15) is 5.69 Å². The molecule has 164 valence electrons. The minimum Gasteiger partial charge on any atom is -0.347 e. The van der Waals surface area contributed by atoms with Gasteiger partial charge in [0.2, 0.25) is 0 Å². The molecule has 0 atom stereocenters. The summed E-state index contributed by atoms with van der Waals surface area (Å²) in [6.45, 7) is 4.76. The quantitative estimate of drug-likeness (QED) is 0.597. The Bertz CT molecular complexity index is 1190. The lowest BCUT2D eigenvalue weighted by molar-refractivity contribution is -0.129. The molecule has 32 heavy (non-hydrogen) atoms. The van der Waals surface area contributed by atoms with Crippen molar-refractivity contribution in [1.82, 2.24) is 20.2 Å². The van der Waals surface area contributed by atoms with Crippen LogP contribution in [0.1, 0.15) is 43.4 Å². The Morgan fingerprint density at radius 1 is 1.25 bits per heavy atom. The van der Waals surface area contributed by atoms with Crippen molar-refractivity contribution < 1.29 is 14.0 Å². The molecule has 0 bridgehead atoms. The minimum atomic E-state index is -0.786. The average Bonchev–Trinajstić information content (AvgIpc) is 3.24. The number of halogens is 1. The van der Waals surface area contributed by atoms with Crippen LogP contribution in [0.4, 0.5) is 4.39 Å². The van der Waals surface area contributed by atoms with Gasteiger partial charge in [0.05, 0.1) is 5.01 Å². The molecule has 1 aromatic carbocycles. The predicted octanol–water partition coefficient (Wildman–Crippen LogP) is 3.98. The lowest BCUT2D eigenvalue weighted by atomic mass is 9.94. The van der Waals surface area contributed by atoms with Gasteiger partial charge < -0.3 is 10.2 Å². The molecule has 0 radical (unpaired) electrons. The summed E-state index contributed by atoms with van der Waals surface area (Å²) in [4.78, 5) is 35.2. The van der Waals surface area contributed by atoms with Gasteiger partial charge in [-0.15, -0.1) is 11.3 Å². The van der Waals surface area contributed by atoms with Crippen LogP contribution in [0.2, 0.25) is 0 Å². The third kappa shape index (κ3) is 4.75. The maximum absolute atomic E-state index is 14.6. The summed E-state index contributed by atoms with van der Waals surface area (Å²) in [5.74, 6) is -1.65. The van der Waals surface area contributed by atoms with Gasteiger partial charge in [0, 0.05) is 36.9 Å². The summed E-state index contributed by atoms with van der Waals surface area (Å²) in [5, 5.41) is 5.48. The summed E-state index contributed by atoms with van der Waals surface area (Å²) in [6.07, 6.45) is 3.56. The molecule has 1 N–H and O–H groups in total. The van der Waals surface area contributed by atoms with Crippen molar-refractivity contribution in [2.45, 2.75) is 33.4 Å². The second-order valence-corrected chi connectivity index (χ2v) is 8.70. The van der Waals surface area contributed by atoms with Crippen LogP contribution in [0.25, 0.3) is 6.08 Å². The summed E-state index contributed by atoms with van der Waals surface area (Å²) in [5.41, 5.74) is 4.74. The summed E-state index contributed by atoms with van der Waals surface area (Å²) in [7, 11) is 0. The van der Waals surface area contributed by atoms with E-state index in [-0.39, 0.29) is 12.5 Å². The fourth-order valence-electron chi connectivity index (χ4n) is 3.77. The first-order valence-corrected chi connectivity index (χ1v) is 11.2. The second kappa shape index (κ2) is 9.40. The van der Waals surface area contributed by atoms with Crippen molar-refractivity contribution in [2.24, 2.45) is 0 Å². The largest absolute Gasteiger partial charge is 0.347 e. The Hall–Kier alpha value is -3.39. The molecule has 3 heterocycles. The third-order valence-corrected chi connectivity index (χ3v) is 6.23. The number of nitrogens with zero attached hydrogens (tertiary/aromatic N) is 3. The Morgan fingerprint density at radius 2 is 2.03 bits per heavy atom. The van der Waals surface area contributed by atoms with Crippen LogP contribution in [0.3, 0.4) is 0 Å². The minimum absolute atomic E-state index is 0.230. The van der Waals surface area contributed by atoms with E-state index in [1.54, 1.807) is 35.8 Å². The fraction of sp³-hybridized carbons (Fsp3) is 0.250. The molecule has 0 fully saturated rings. The van der Waals surface area contributed by atoms with E-state index in [2.05, 4.69) is 15.3 Å². The molecule has 0 unspecified atom stereocenters. The summed E-state index contributed by atoms with van der Waals surface area (Å²) < 4.78 is 14.6. The number of pyridine rings is 1. The van der Waals surface area contributed by atoms with Crippen LogP contribution < -0.4 is 5.32 Å². The Morgan fingerprint density at radius 3 is 2.75 bits per heavy atom. The molecule has 0 spiro atoms. The maximum Gasteiger partial charge on any atom is 0.282 e. The molecule has 4 rings (SSSR count). The Balaban J connectivity index is 1.48. The first-order valence-electron chi connectivity index (χ1n) is 10.3. The van der Waals surface area contributed by atoms with Gasteiger partial charge in [0.15, 0.2) is 5.83 Å². The first kappa shape index (κ1) is 21.8. The maximum atomic E-state index is 14.6. The van der Waals surface area contributed by atoms with Crippen molar-refractivity contribution in [3.8, 4) is 0 Å². The van der Waals surface area contributed by atoms with Crippen molar-refractivity contribution in [1.29, 1.82) is 0 Å². The summed E-state index contributed by atoms with van der Waals surface area (Å²) >= 11 is 1.43. The number of carbonyl (C=O) groups is 2. The van der Waals surface area contributed by atoms with E-state index in [1.807, 2.05) is 19.9 Å². The van der Waals surface area contributed by atoms with E-state index in [4.69, 9.17) is 0 Å². The number of thiazole rings is 1. The number of amides is 2. The number of aromatic nitrogens is 2. The highest BCUT2D eigenvalue weighted by atomic mass is 32.1. The van der Waals surface area contributed by atoms with Crippen molar-refractivity contribution in [3.63, 3.8) is 0 Å². The van der Waals surface area contributed by atoms with E-state index < -0.39 is 11.7 Å². The van der Waals surface area contributed by atoms with E-state index in [0.29, 0.717) is 30.8 Å². The monoisotopic (exact) mass is 450 g/mol. The topological polar surface area (TPSA) is 75.2 Å². The predicted molar refractivity (Wildman–Crippen MR) is 122 cm³/mol. The van der Waals surface area contributed by atoms with Crippen molar-refractivity contribution in [3.05, 3.63) is 86.4 Å². The van der Waals surface area contributed by atoms with Gasteiger partial charge >= 0.3 is 0 Å². The molecule has 2 amide bonds. The molecular weight excluding hydrogens is 427 g/mol. The molecule has 1 aliphatic rings. The van der Waals surface area contributed by atoms with Gasteiger partial charge in [-0.3, -0.25) is 14.6 Å². The van der Waals surface area contributed by atoms with Crippen LogP contribution in [-0.4, -0.2) is 33.2 Å². The van der Waals surface area contributed by atoms with E-state index in [1.165, 1.54) is 22.3 Å². The zero-order valence-electron chi connectivity index (χ0n) is 17.9. The molecule has 0 aliphatic carbocycles. The number of rotatable bonds is 5. The molecule has 2 aromatic heterocycles. The van der Waals surface area contributed by atoms with Crippen LogP contribution in [0.15, 0.2) is 47.7 Å². The highest BCUT2D eigenvalue weighted by Crippen LogP contribution is 2.25. The number of carbonyl (C=O) groups excluding carboxylic acids is 2. The molecule has 1 aliphatic heterocycles. The standard InChI is InChI=1S/C24H23FN4O2S/c1-15-20(12-27-23(30)22-14-32-16(2)28-22)19-8-9-29(13-18(19)11-26-15)24(31)21(25)10-17-6-4-3-5-7-17/h3-7,10-11,14H,8-9,12-13H2,1-2H3,(H,27,30)/b21-10-. The molecule has 0 saturated heterocycles. The Labute approximate surface area is 189 Å². The molecular formula is C24H23FN4O2S. The number of benzene rings is 1. The van der Waals surface area contributed by atoms with E-state index in [9.17, 15) is 14.0 Å². The average molecular weight is 451 g/mol. The molecule has 0 saturated carbocycles. The highest BCUT2D eigenvalue weighted by molar-refractivity contribution is 7.09.